The summed E-state index contributed by atoms with van der Waals surface area (Å²) in [5.41, 5.74) is -1.70. The summed E-state index contributed by atoms with van der Waals surface area (Å²) in [7, 11) is 1.60. The first-order valence-corrected chi connectivity index (χ1v) is 12.9. The van der Waals surface area contributed by atoms with Gasteiger partial charge in [0, 0.05) is 13.5 Å². The highest BCUT2D eigenvalue weighted by molar-refractivity contribution is 5.89. The molecular formula is C29H30FN5O6. The van der Waals surface area contributed by atoms with Crippen molar-refractivity contribution in [1.82, 2.24) is 19.5 Å². The number of aromatic nitrogens is 4. The first-order valence-electron chi connectivity index (χ1n) is 12.9. The Morgan fingerprint density at radius 1 is 1.17 bits per heavy atom. The van der Waals surface area contributed by atoms with Crippen LogP contribution in [0, 0.1) is 6.92 Å². The van der Waals surface area contributed by atoms with Gasteiger partial charge in [0.05, 0.1) is 19.0 Å². The van der Waals surface area contributed by atoms with E-state index < -0.39 is 35.5 Å². The monoisotopic (exact) mass is 563 g/mol. The van der Waals surface area contributed by atoms with Crippen molar-refractivity contribution in [2.75, 3.05) is 12.4 Å². The lowest BCUT2D eigenvalue weighted by atomic mass is 9.80. The molecule has 11 nitrogen and oxygen atoms in total. The van der Waals surface area contributed by atoms with Gasteiger partial charge in [-0.3, -0.25) is 9.36 Å². The number of fused-ring (bicyclic) bond motifs is 1. The number of alkyl halides is 1. The molecule has 214 valence electrons. The van der Waals surface area contributed by atoms with Crippen molar-refractivity contribution in [2.45, 2.75) is 57.8 Å². The second-order valence-electron chi connectivity index (χ2n) is 10.2. The molecule has 0 radical (unpaired) electrons. The molecule has 0 saturated carbocycles. The summed E-state index contributed by atoms with van der Waals surface area (Å²) >= 11 is 0. The van der Waals surface area contributed by atoms with Gasteiger partial charge >= 0.3 is 11.9 Å². The zero-order valence-corrected chi connectivity index (χ0v) is 23.2. The highest BCUT2D eigenvalue weighted by atomic mass is 19.1. The number of nitrogens with zero attached hydrogens (tertiary/aromatic N) is 4. The third-order valence-electron chi connectivity index (χ3n) is 7.65. The third-order valence-corrected chi connectivity index (χ3v) is 7.65. The number of ether oxygens (including phenoxy) is 3. The van der Waals surface area contributed by atoms with Crippen LogP contribution in [0.3, 0.4) is 0 Å². The van der Waals surface area contributed by atoms with E-state index in [1.165, 1.54) is 44.1 Å². The number of hydrogen-bond donors (Lipinski definition) is 2. The number of aromatic carboxylic acids is 1. The number of hydrogen-bond acceptors (Lipinski definition) is 9. The molecule has 0 spiro atoms. The van der Waals surface area contributed by atoms with Gasteiger partial charge < -0.3 is 24.6 Å². The van der Waals surface area contributed by atoms with Gasteiger partial charge in [0.25, 0.3) is 0 Å². The van der Waals surface area contributed by atoms with Crippen molar-refractivity contribution < 1.29 is 33.3 Å². The number of rotatable bonds is 8. The predicted molar refractivity (Wildman–Crippen MR) is 146 cm³/mol. The molecule has 0 bridgehead atoms. The van der Waals surface area contributed by atoms with Gasteiger partial charge in [-0.05, 0) is 55.7 Å². The molecule has 2 N–H and O–H groups in total. The molecule has 4 aromatic rings. The molecule has 12 heteroatoms. The number of imidazole rings is 1. The average molecular weight is 564 g/mol. The Morgan fingerprint density at radius 2 is 1.93 bits per heavy atom. The lowest BCUT2D eigenvalue weighted by molar-refractivity contribution is -0.174. The maximum absolute atomic E-state index is 17.0. The molecule has 0 amide bonds. The first-order chi connectivity index (χ1) is 19.5. The van der Waals surface area contributed by atoms with Gasteiger partial charge in [0.2, 0.25) is 0 Å². The number of carbonyl (C=O) groups is 2. The molecule has 1 fully saturated rings. The van der Waals surface area contributed by atoms with E-state index in [4.69, 9.17) is 14.2 Å². The SMILES string of the molecule is COc1cccc(CNc2ncnc3c2ncn3[C@@H]2O[C@H](c3cccc(C(=O)O)c3C)[C@](C)(OC(C)=O)[C@@]2(C)F)c1. The summed E-state index contributed by atoms with van der Waals surface area (Å²) in [4.78, 5) is 37.2. The zero-order chi connectivity index (χ0) is 29.5. The van der Waals surface area contributed by atoms with E-state index in [1.807, 2.05) is 24.3 Å². The van der Waals surface area contributed by atoms with Crippen LogP contribution in [0.5, 0.6) is 5.75 Å². The molecule has 4 atom stereocenters. The average Bonchev–Trinajstić information content (AvgIpc) is 3.44. The highest BCUT2D eigenvalue weighted by Gasteiger charge is 2.67. The number of halogens is 1. The maximum Gasteiger partial charge on any atom is 0.335 e. The Morgan fingerprint density at radius 3 is 2.63 bits per heavy atom. The standard InChI is InChI=1S/C29H30FN5O6/c1-16-20(10-7-11-21(16)26(37)38)23-29(4,41-17(2)36)28(3,30)27(40-23)35-15-34-22-24(32-14-33-25(22)35)31-13-18-8-6-9-19(12-18)39-5/h6-12,14-15,23,27H,13H2,1-5H3,(H,37,38)(H,31,32,33)/t23-,27-,28+,29+/m1/s1. The number of esters is 1. The van der Waals surface area contributed by atoms with Crippen molar-refractivity contribution in [3.05, 3.63) is 77.4 Å². The predicted octanol–water partition coefficient (Wildman–Crippen LogP) is 4.77. The highest BCUT2D eigenvalue weighted by Crippen LogP contribution is 2.57. The molecule has 0 unspecified atom stereocenters. The van der Waals surface area contributed by atoms with Gasteiger partial charge in [-0.2, -0.15) is 0 Å². The second kappa shape index (κ2) is 10.4. The number of carboxylic acid groups (broad SMARTS) is 1. The smallest absolute Gasteiger partial charge is 0.335 e. The Kier molecular flexibility index (Phi) is 7.12. The third kappa shape index (κ3) is 4.73. The number of anilines is 1. The van der Waals surface area contributed by atoms with Gasteiger partial charge in [0.15, 0.2) is 34.5 Å². The van der Waals surface area contributed by atoms with E-state index in [-0.39, 0.29) is 5.56 Å². The van der Waals surface area contributed by atoms with Crippen molar-refractivity contribution in [2.24, 2.45) is 0 Å². The van der Waals surface area contributed by atoms with Gasteiger partial charge in [-0.25, -0.2) is 24.1 Å². The van der Waals surface area contributed by atoms with Crippen molar-refractivity contribution in [3.63, 3.8) is 0 Å². The Bertz CT molecular complexity index is 1640. The van der Waals surface area contributed by atoms with E-state index in [0.717, 1.165) is 11.3 Å². The topological polar surface area (TPSA) is 138 Å². The number of carboxylic acids is 1. The lowest BCUT2D eigenvalue weighted by Gasteiger charge is -2.37. The molecular weight excluding hydrogens is 533 g/mol. The first kappa shape index (κ1) is 28.0. The number of carbonyl (C=O) groups excluding carboxylic acids is 1. The number of benzene rings is 2. The molecule has 5 rings (SSSR count). The van der Waals surface area contributed by atoms with E-state index in [0.29, 0.717) is 34.7 Å². The fourth-order valence-corrected chi connectivity index (χ4v) is 5.33. The molecule has 2 aromatic heterocycles. The fraction of sp³-hybridized carbons (Fsp3) is 0.345. The van der Waals surface area contributed by atoms with E-state index in [2.05, 4.69) is 20.3 Å². The van der Waals surface area contributed by atoms with Crippen LogP contribution >= 0.6 is 0 Å². The van der Waals surface area contributed by atoms with Crippen LogP contribution in [0.4, 0.5) is 10.2 Å². The Hall–Kier alpha value is -4.58. The quantitative estimate of drug-likeness (QED) is 0.288. The van der Waals surface area contributed by atoms with Crippen LogP contribution in [0.2, 0.25) is 0 Å². The molecule has 2 aromatic carbocycles. The fourth-order valence-electron chi connectivity index (χ4n) is 5.33. The largest absolute Gasteiger partial charge is 0.497 e. The second-order valence-corrected chi connectivity index (χ2v) is 10.2. The van der Waals surface area contributed by atoms with Crippen LogP contribution in [0.1, 0.15) is 60.2 Å². The summed E-state index contributed by atoms with van der Waals surface area (Å²) in [5.74, 6) is -0.696. The minimum Gasteiger partial charge on any atom is -0.497 e. The van der Waals surface area contributed by atoms with Crippen LogP contribution in [0.25, 0.3) is 11.2 Å². The number of nitrogens with one attached hydrogen (secondary N) is 1. The summed E-state index contributed by atoms with van der Waals surface area (Å²) < 4.78 is 35.7. The number of methoxy groups -OCH3 is 1. The summed E-state index contributed by atoms with van der Waals surface area (Å²) in [6.45, 7) is 5.95. The summed E-state index contributed by atoms with van der Waals surface area (Å²) in [6.07, 6.45) is 0.254. The van der Waals surface area contributed by atoms with Gasteiger partial charge in [-0.15, -0.1) is 0 Å². The summed E-state index contributed by atoms with van der Waals surface area (Å²) in [6, 6.07) is 12.2. The van der Waals surface area contributed by atoms with Crippen molar-refractivity contribution >= 4 is 28.9 Å². The normalized spacial score (nSPS) is 23.9. The van der Waals surface area contributed by atoms with Gasteiger partial charge in [0.1, 0.15) is 18.2 Å². The molecule has 1 saturated heterocycles. The molecule has 1 aliphatic heterocycles. The van der Waals surface area contributed by atoms with E-state index >= 15 is 4.39 Å². The maximum atomic E-state index is 17.0. The Balaban J connectivity index is 1.54. The van der Waals surface area contributed by atoms with Crippen molar-refractivity contribution in [1.29, 1.82) is 0 Å². The zero-order valence-electron chi connectivity index (χ0n) is 23.2. The minimum absolute atomic E-state index is 0.0351. The molecule has 41 heavy (non-hydrogen) atoms. The minimum atomic E-state index is -2.30. The molecule has 3 heterocycles. The van der Waals surface area contributed by atoms with Crippen LogP contribution in [0.15, 0.2) is 55.1 Å². The van der Waals surface area contributed by atoms with Crippen LogP contribution < -0.4 is 10.1 Å². The van der Waals surface area contributed by atoms with Crippen molar-refractivity contribution in [3.8, 4) is 5.75 Å². The van der Waals surface area contributed by atoms with Crippen LogP contribution in [-0.4, -0.2) is 54.9 Å². The lowest BCUT2D eigenvalue weighted by Crippen LogP contribution is -2.51. The molecule has 0 aliphatic carbocycles. The van der Waals surface area contributed by atoms with E-state index in [1.54, 1.807) is 26.2 Å². The van der Waals surface area contributed by atoms with E-state index in [9.17, 15) is 14.7 Å². The summed E-state index contributed by atoms with van der Waals surface area (Å²) in [5, 5.41) is 12.9. The Labute approximate surface area is 235 Å². The van der Waals surface area contributed by atoms with Gasteiger partial charge in [-0.1, -0.05) is 24.3 Å². The van der Waals surface area contributed by atoms with Crippen LogP contribution in [-0.2, 0) is 20.8 Å². The molecule has 1 aliphatic rings.